The standard InChI is InChI=1S/C13H10BClF2O3/c15-10-2-1-3-12(13(10)17)20-7-8-4-5-11(16)9(6-8)14(18)19/h1-6,18-19H,7H2. The van der Waals surface area contributed by atoms with E-state index < -0.39 is 18.8 Å². The van der Waals surface area contributed by atoms with Gasteiger partial charge in [0.15, 0.2) is 11.6 Å². The van der Waals surface area contributed by atoms with Gasteiger partial charge in [-0.3, -0.25) is 0 Å². The monoisotopic (exact) mass is 298 g/mol. The Kier molecular flexibility index (Phi) is 4.59. The Labute approximate surface area is 119 Å². The maximum absolute atomic E-state index is 13.6. The number of ether oxygens (including phenoxy) is 1. The Morgan fingerprint density at radius 1 is 1.15 bits per heavy atom. The van der Waals surface area contributed by atoms with Crippen molar-refractivity contribution in [3.8, 4) is 5.75 Å². The molecular formula is C13H10BClF2O3. The highest BCUT2D eigenvalue weighted by molar-refractivity contribution is 6.58. The lowest BCUT2D eigenvalue weighted by Gasteiger charge is -2.09. The Morgan fingerprint density at radius 3 is 2.60 bits per heavy atom. The summed E-state index contributed by atoms with van der Waals surface area (Å²) in [5, 5.41) is 17.9. The predicted molar refractivity (Wildman–Crippen MR) is 72.0 cm³/mol. The van der Waals surface area contributed by atoms with Gasteiger partial charge in [0, 0.05) is 5.46 Å². The summed E-state index contributed by atoms with van der Waals surface area (Å²) in [5.74, 6) is -1.45. The second-order valence-electron chi connectivity index (χ2n) is 4.07. The van der Waals surface area contributed by atoms with Crippen molar-refractivity contribution in [2.24, 2.45) is 0 Å². The third-order valence-electron chi connectivity index (χ3n) is 2.65. The van der Waals surface area contributed by atoms with Crippen molar-refractivity contribution < 1.29 is 23.6 Å². The molecule has 0 saturated carbocycles. The highest BCUT2D eigenvalue weighted by atomic mass is 35.5. The maximum atomic E-state index is 13.6. The highest BCUT2D eigenvalue weighted by Gasteiger charge is 2.17. The SMILES string of the molecule is OB(O)c1cc(COc2cccc(Cl)c2F)ccc1F. The molecular weight excluding hydrogens is 288 g/mol. The third kappa shape index (κ3) is 3.28. The van der Waals surface area contributed by atoms with E-state index in [9.17, 15) is 8.78 Å². The second kappa shape index (κ2) is 6.22. The normalized spacial score (nSPS) is 10.4. The first-order valence-corrected chi connectivity index (χ1v) is 6.08. The van der Waals surface area contributed by atoms with Gasteiger partial charge in [0.25, 0.3) is 0 Å². The first-order valence-electron chi connectivity index (χ1n) is 5.70. The number of hydrogen-bond donors (Lipinski definition) is 2. The van der Waals surface area contributed by atoms with Crippen LogP contribution in [0.15, 0.2) is 36.4 Å². The van der Waals surface area contributed by atoms with Gasteiger partial charge in [-0.05, 0) is 23.8 Å². The van der Waals surface area contributed by atoms with Crippen molar-refractivity contribution in [2.75, 3.05) is 0 Å². The molecule has 104 valence electrons. The Morgan fingerprint density at radius 2 is 1.90 bits per heavy atom. The van der Waals surface area contributed by atoms with E-state index in [4.69, 9.17) is 26.4 Å². The van der Waals surface area contributed by atoms with Gasteiger partial charge < -0.3 is 14.8 Å². The minimum Gasteiger partial charge on any atom is -0.486 e. The summed E-state index contributed by atoms with van der Waals surface area (Å²) in [4.78, 5) is 0. The first kappa shape index (κ1) is 14.8. The summed E-state index contributed by atoms with van der Waals surface area (Å²) in [5.41, 5.74) is 0.201. The van der Waals surface area contributed by atoms with E-state index in [2.05, 4.69) is 0 Å². The average molecular weight is 298 g/mol. The Balaban J connectivity index is 2.15. The summed E-state index contributed by atoms with van der Waals surface area (Å²) >= 11 is 5.61. The summed E-state index contributed by atoms with van der Waals surface area (Å²) in [6, 6.07) is 8.07. The van der Waals surface area contributed by atoms with Gasteiger partial charge in [-0.2, -0.15) is 0 Å². The quantitative estimate of drug-likeness (QED) is 0.847. The van der Waals surface area contributed by atoms with Gasteiger partial charge in [-0.1, -0.05) is 29.8 Å². The molecule has 2 aromatic rings. The molecule has 0 aromatic heterocycles. The fourth-order valence-corrected chi connectivity index (χ4v) is 1.80. The van der Waals surface area contributed by atoms with E-state index >= 15 is 0 Å². The van der Waals surface area contributed by atoms with Crippen LogP contribution in [0.3, 0.4) is 0 Å². The largest absolute Gasteiger partial charge is 0.491 e. The van der Waals surface area contributed by atoms with Crippen LogP contribution in [-0.4, -0.2) is 17.2 Å². The molecule has 20 heavy (non-hydrogen) atoms. The minimum absolute atomic E-state index is 0.0343. The van der Waals surface area contributed by atoms with Gasteiger partial charge in [0.2, 0.25) is 0 Å². The van der Waals surface area contributed by atoms with Crippen LogP contribution >= 0.6 is 11.6 Å². The van der Waals surface area contributed by atoms with Gasteiger partial charge in [0.05, 0.1) is 5.02 Å². The number of benzene rings is 2. The molecule has 0 radical (unpaired) electrons. The molecule has 0 spiro atoms. The van der Waals surface area contributed by atoms with Crippen LogP contribution < -0.4 is 10.2 Å². The molecule has 0 fully saturated rings. The van der Waals surface area contributed by atoms with Crippen molar-refractivity contribution in [2.45, 2.75) is 6.61 Å². The van der Waals surface area contributed by atoms with Crippen LogP contribution in [-0.2, 0) is 6.61 Å². The van der Waals surface area contributed by atoms with Gasteiger partial charge in [0.1, 0.15) is 12.4 Å². The van der Waals surface area contributed by atoms with Crippen molar-refractivity contribution >= 4 is 24.2 Å². The van der Waals surface area contributed by atoms with Crippen LogP contribution in [0.25, 0.3) is 0 Å². The summed E-state index contributed by atoms with van der Waals surface area (Å²) in [7, 11) is -1.92. The van der Waals surface area contributed by atoms with Gasteiger partial charge >= 0.3 is 7.12 Å². The Hall–Kier alpha value is -1.63. The molecule has 0 atom stereocenters. The topological polar surface area (TPSA) is 49.7 Å². The molecule has 2 N–H and O–H groups in total. The van der Waals surface area contributed by atoms with Crippen LogP contribution in [0, 0.1) is 11.6 Å². The van der Waals surface area contributed by atoms with Gasteiger partial charge in [-0.25, -0.2) is 8.78 Å². The van der Waals surface area contributed by atoms with Gasteiger partial charge in [-0.15, -0.1) is 0 Å². The molecule has 3 nitrogen and oxygen atoms in total. The summed E-state index contributed by atoms with van der Waals surface area (Å²) in [6.45, 7) is -0.0583. The lowest BCUT2D eigenvalue weighted by atomic mass is 9.79. The van der Waals surface area contributed by atoms with Crippen LogP contribution in [0.1, 0.15) is 5.56 Å². The van der Waals surface area contributed by atoms with Crippen molar-refractivity contribution in [1.29, 1.82) is 0 Å². The molecule has 0 aliphatic carbocycles. The predicted octanol–water partition coefficient (Wildman–Crippen LogP) is 1.88. The van der Waals surface area contributed by atoms with Crippen molar-refractivity contribution in [3.63, 3.8) is 0 Å². The van der Waals surface area contributed by atoms with Crippen LogP contribution in [0.4, 0.5) is 8.78 Å². The fraction of sp³-hybridized carbons (Fsp3) is 0.0769. The maximum Gasteiger partial charge on any atom is 0.491 e. The molecule has 2 rings (SSSR count). The summed E-state index contributed by atoms with van der Waals surface area (Å²) in [6.07, 6.45) is 0. The van der Waals surface area contributed by atoms with Crippen LogP contribution in [0.5, 0.6) is 5.75 Å². The molecule has 0 aliphatic rings. The average Bonchev–Trinajstić information content (AvgIpc) is 2.41. The van der Waals surface area contributed by atoms with E-state index in [0.29, 0.717) is 5.56 Å². The Bertz CT molecular complexity index is 623. The zero-order valence-corrected chi connectivity index (χ0v) is 10.9. The van der Waals surface area contributed by atoms with E-state index in [-0.39, 0.29) is 22.8 Å². The molecule has 2 aromatic carbocycles. The fourth-order valence-electron chi connectivity index (χ4n) is 1.64. The summed E-state index contributed by atoms with van der Waals surface area (Å²) < 4.78 is 32.1. The second-order valence-corrected chi connectivity index (χ2v) is 4.48. The molecule has 0 aliphatic heterocycles. The van der Waals surface area contributed by atoms with E-state index in [1.807, 2.05) is 0 Å². The van der Waals surface area contributed by atoms with E-state index in [0.717, 1.165) is 6.07 Å². The number of rotatable bonds is 4. The van der Waals surface area contributed by atoms with Crippen molar-refractivity contribution in [1.82, 2.24) is 0 Å². The minimum atomic E-state index is -1.92. The number of halogens is 3. The lowest BCUT2D eigenvalue weighted by Crippen LogP contribution is -2.33. The molecule has 0 bridgehead atoms. The zero-order chi connectivity index (χ0) is 14.7. The molecule has 0 amide bonds. The molecule has 0 heterocycles. The van der Waals surface area contributed by atoms with E-state index in [1.54, 1.807) is 0 Å². The molecule has 7 heteroatoms. The smallest absolute Gasteiger partial charge is 0.486 e. The molecule has 0 saturated heterocycles. The molecule has 0 unspecified atom stereocenters. The third-order valence-corrected chi connectivity index (χ3v) is 2.94. The zero-order valence-electron chi connectivity index (χ0n) is 10.2. The lowest BCUT2D eigenvalue weighted by molar-refractivity contribution is 0.290. The number of hydrogen-bond acceptors (Lipinski definition) is 3. The van der Waals surface area contributed by atoms with Crippen molar-refractivity contribution in [3.05, 3.63) is 58.6 Å². The van der Waals surface area contributed by atoms with Crippen LogP contribution in [0.2, 0.25) is 5.02 Å². The first-order chi connectivity index (χ1) is 9.49. The highest BCUT2D eigenvalue weighted by Crippen LogP contribution is 2.24. The van der Waals surface area contributed by atoms with E-state index in [1.165, 1.54) is 30.3 Å².